The summed E-state index contributed by atoms with van der Waals surface area (Å²) in [6.07, 6.45) is 5.83. The number of hydrogen-bond donors (Lipinski definition) is 0. The summed E-state index contributed by atoms with van der Waals surface area (Å²) in [5.41, 5.74) is 0.668. The van der Waals surface area contributed by atoms with E-state index in [4.69, 9.17) is 0 Å². The van der Waals surface area contributed by atoms with Gasteiger partial charge in [0.25, 0.3) is 0 Å². The lowest BCUT2D eigenvalue weighted by molar-refractivity contribution is -0.120. The van der Waals surface area contributed by atoms with Crippen LogP contribution in [0.2, 0.25) is 0 Å². The van der Waals surface area contributed by atoms with Crippen LogP contribution < -0.4 is 0 Å². The molecular formula is C14H26OP+. The molecule has 16 heavy (non-hydrogen) atoms. The summed E-state index contributed by atoms with van der Waals surface area (Å²) in [5.74, 6) is 0.525. The quantitative estimate of drug-likeness (QED) is 0.583. The van der Waals surface area contributed by atoms with Crippen LogP contribution in [0.5, 0.6) is 0 Å². The highest BCUT2D eigenvalue weighted by Gasteiger charge is 2.69. The van der Waals surface area contributed by atoms with Crippen molar-refractivity contribution >= 4 is 13.0 Å². The van der Waals surface area contributed by atoms with Gasteiger partial charge in [-0.15, -0.1) is 0 Å². The van der Waals surface area contributed by atoms with Gasteiger partial charge in [-0.2, -0.15) is 0 Å². The van der Waals surface area contributed by atoms with Crippen LogP contribution in [0.4, 0.5) is 0 Å². The van der Waals surface area contributed by atoms with E-state index in [1.54, 1.807) is 0 Å². The van der Waals surface area contributed by atoms with Crippen LogP contribution in [0.25, 0.3) is 0 Å². The van der Waals surface area contributed by atoms with Gasteiger partial charge in [-0.05, 0) is 47.5 Å². The van der Waals surface area contributed by atoms with Crippen LogP contribution in [-0.2, 0) is 4.79 Å². The Hall–Kier alpha value is 0.100. The van der Waals surface area contributed by atoms with Crippen LogP contribution in [0.15, 0.2) is 0 Å². The normalized spacial score (nSPS) is 44.6. The molecule has 0 aromatic rings. The summed E-state index contributed by atoms with van der Waals surface area (Å²) in [6.45, 7) is 12.1. The van der Waals surface area contributed by atoms with Gasteiger partial charge >= 0.3 is 0 Å². The smallest absolute Gasteiger partial charge is 0.140 e. The summed E-state index contributed by atoms with van der Waals surface area (Å²) in [7, 11) is -0.996. The number of hydrogen-bond acceptors (Lipinski definition) is 1. The zero-order valence-electron chi connectivity index (χ0n) is 11.5. The fraction of sp³-hybridized carbons (Fsp3) is 0.929. The lowest BCUT2D eigenvalue weighted by Crippen LogP contribution is -2.46. The Labute approximate surface area is 101 Å². The fourth-order valence-corrected chi connectivity index (χ4v) is 12.8. The zero-order valence-corrected chi connectivity index (χ0v) is 12.4. The number of carbonyl (C=O) groups is 1. The summed E-state index contributed by atoms with van der Waals surface area (Å²) in [6, 6.07) is 0. The Morgan fingerprint density at radius 2 is 2.00 bits per heavy atom. The van der Waals surface area contributed by atoms with Gasteiger partial charge in [0.15, 0.2) is 0 Å². The first-order valence-corrected chi connectivity index (χ1v) is 8.67. The molecule has 0 N–H and O–H groups in total. The van der Waals surface area contributed by atoms with E-state index in [2.05, 4.69) is 34.6 Å². The molecule has 1 nitrogen and oxygen atoms in total. The average Bonchev–Trinajstić information content (AvgIpc) is 2.40. The molecular weight excluding hydrogens is 215 g/mol. The maximum Gasteiger partial charge on any atom is 0.140 e. The molecule has 92 valence electrons. The van der Waals surface area contributed by atoms with E-state index in [1.165, 1.54) is 19.0 Å². The molecule has 0 saturated carbocycles. The van der Waals surface area contributed by atoms with Gasteiger partial charge in [0.2, 0.25) is 0 Å². The standard InChI is InChI=1S/C14H26OP/c1-11-9-12(15)10-14(5)7-6-8-16(11,14)13(2,3)4/h11H,6-10H2,1-5H3/q+1. The third-order valence-corrected chi connectivity index (χ3v) is 12.7. The Bertz CT molecular complexity index is 317. The number of fused-ring (bicyclic) bond motifs is 1. The van der Waals surface area contributed by atoms with Crippen molar-refractivity contribution in [1.29, 1.82) is 0 Å². The molecule has 0 aliphatic carbocycles. The van der Waals surface area contributed by atoms with Gasteiger partial charge in [0.05, 0.1) is 22.1 Å². The molecule has 2 heterocycles. The Balaban J connectivity index is 2.50. The van der Waals surface area contributed by atoms with Crippen molar-refractivity contribution in [1.82, 2.24) is 0 Å². The lowest BCUT2D eigenvalue weighted by atomic mass is 9.96. The van der Waals surface area contributed by atoms with Crippen LogP contribution >= 0.6 is 7.26 Å². The largest absolute Gasteiger partial charge is 0.299 e. The lowest BCUT2D eigenvalue weighted by Gasteiger charge is -2.51. The second-order valence-electron chi connectivity index (χ2n) is 7.13. The molecule has 2 heteroatoms. The maximum absolute atomic E-state index is 11.9. The minimum absolute atomic E-state index is 0.375. The molecule has 0 amide bonds. The number of Topliss-reactive ketones (excluding diaryl/α,β-unsaturated/α-hetero) is 1. The first-order chi connectivity index (χ1) is 7.23. The highest BCUT2D eigenvalue weighted by molar-refractivity contribution is 7.79. The molecule has 0 aromatic carbocycles. The van der Waals surface area contributed by atoms with E-state index in [0.717, 1.165) is 12.8 Å². The molecule has 0 radical (unpaired) electrons. The third-order valence-electron chi connectivity index (χ3n) is 5.24. The van der Waals surface area contributed by atoms with Crippen molar-refractivity contribution in [3.63, 3.8) is 0 Å². The molecule has 3 atom stereocenters. The van der Waals surface area contributed by atoms with Crippen molar-refractivity contribution in [3.8, 4) is 0 Å². The Morgan fingerprint density at radius 3 is 2.56 bits per heavy atom. The Kier molecular flexibility index (Phi) is 2.78. The topological polar surface area (TPSA) is 17.1 Å². The molecule has 0 bridgehead atoms. The first-order valence-electron chi connectivity index (χ1n) is 6.63. The number of carbonyl (C=O) groups excluding carboxylic acids is 1. The van der Waals surface area contributed by atoms with E-state index in [9.17, 15) is 4.79 Å². The molecule has 2 fully saturated rings. The van der Waals surface area contributed by atoms with Gasteiger partial charge in [-0.3, -0.25) is 4.79 Å². The first kappa shape index (κ1) is 12.6. The van der Waals surface area contributed by atoms with Gasteiger partial charge < -0.3 is 0 Å². The molecule has 2 aliphatic heterocycles. The molecule has 2 aliphatic rings. The second kappa shape index (κ2) is 3.55. The molecule has 3 unspecified atom stereocenters. The predicted octanol–water partition coefficient (Wildman–Crippen LogP) is 4.11. The summed E-state index contributed by atoms with van der Waals surface area (Å²) >= 11 is 0. The van der Waals surface area contributed by atoms with E-state index in [1.807, 2.05) is 0 Å². The van der Waals surface area contributed by atoms with Crippen LogP contribution in [0.1, 0.15) is 60.3 Å². The van der Waals surface area contributed by atoms with Crippen LogP contribution in [0, 0.1) is 0 Å². The molecule has 2 saturated heterocycles. The monoisotopic (exact) mass is 241 g/mol. The summed E-state index contributed by atoms with van der Waals surface area (Å²) in [4.78, 5) is 11.9. The average molecular weight is 241 g/mol. The molecule has 0 spiro atoms. The van der Waals surface area contributed by atoms with Crippen LogP contribution in [0.3, 0.4) is 0 Å². The fourth-order valence-electron chi connectivity index (χ4n) is 4.95. The van der Waals surface area contributed by atoms with E-state index in [-0.39, 0.29) is 0 Å². The van der Waals surface area contributed by atoms with Crippen molar-refractivity contribution < 1.29 is 4.79 Å². The van der Waals surface area contributed by atoms with Gasteiger partial charge in [0, 0.05) is 20.1 Å². The van der Waals surface area contributed by atoms with Crippen molar-refractivity contribution in [2.75, 3.05) is 6.16 Å². The van der Waals surface area contributed by atoms with Crippen molar-refractivity contribution in [2.24, 2.45) is 0 Å². The Morgan fingerprint density at radius 1 is 1.38 bits per heavy atom. The minimum atomic E-state index is -0.996. The third kappa shape index (κ3) is 1.43. The van der Waals surface area contributed by atoms with Gasteiger partial charge in [-0.1, -0.05) is 0 Å². The van der Waals surface area contributed by atoms with Crippen LogP contribution in [-0.4, -0.2) is 27.9 Å². The predicted molar refractivity (Wildman–Crippen MR) is 72.9 cm³/mol. The SMILES string of the molecule is CC1CC(=O)CC2(C)CCC[P+]12C(C)(C)C. The number of ketones is 1. The maximum atomic E-state index is 11.9. The van der Waals surface area contributed by atoms with Crippen molar-refractivity contribution in [3.05, 3.63) is 0 Å². The highest BCUT2D eigenvalue weighted by Crippen LogP contribution is 2.86. The summed E-state index contributed by atoms with van der Waals surface area (Å²) < 4.78 is 0. The van der Waals surface area contributed by atoms with Gasteiger partial charge in [0.1, 0.15) is 5.78 Å². The highest BCUT2D eigenvalue weighted by atomic mass is 31.2. The van der Waals surface area contributed by atoms with E-state index in [0.29, 0.717) is 21.8 Å². The van der Waals surface area contributed by atoms with E-state index >= 15 is 0 Å². The minimum Gasteiger partial charge on any atom is -0.299 e. The van der Waals surface area contributed by atoms with Crippen molar-refractivity contribution in [2.45, 2.75) is 76.3 Å². The zero-order chi connectivity index (χ0) is 12.2. The molecule has 0 aromatic heterocycles. The number of rotatable bonds is 0. The van der Waals surface area contributed by atoms with Gasteiger partial charge in [-0.25, -0.2) is 0 Å². The second-order valence-corrected chi connectivity index (χ2v) is 12.6. The van der Waals surface area contributed by atoms with E-state index < -0.39 is 7.26 Å². The summed E-state index contributed by atoms with van der Waals surface area (Å²) in [5, 5.41) is 0.804. The molecule has 2 rings (SSSR count).